The molecule has 3 fully saturated rings. The van der Waals surface area contributed by atoms with Crippen LogP contribution in [0.1, 0.15) is 39.0 Å². The second-order valence-corrected chi connectivity index (χ2v) is 6.62. The maximum absolute atomic E-state index is 9.61. The van der Waals surface area contributed by atoms with Gasteiger partial charge in [0.15, 0.2) is 0 Å². The number of fused-ring (bicyclic) bond motifs is 5. The molecule has 98 valence electrons. The molecule has 7 atom stereocenters. The number of aliphatic hydroxyl groups excluding tert-OH is 2. The van der Waals surface area contributed by atoms with Gasteiger partial charge in [0.1, 0.15) is 0 Å². The highest BCUT2D eigenvalue weighted by Crippen LogP contribution is 2.65. The van der Waals surface area contributed by atoms with Gasteiger partial charge in [-0.25, -0.2) is 0 Å². The van der Waals surface area contributed by atoms with E-state index in [0.29, 0.717) is 25.0 Å². The normalized spacial score (nSPS) is 52.1. The molecule has 7 unspecified atom stereocenters. The molecule has 2 heteroatoms. The summed E-state index contributed by atoms with van der Waals surface area (Å²) in [6.07, 6.45) is 6.79. The van der Waals surface area contributed by atoms with Crippen LogP contribution in [0.5, 0.6) is 0 Å². The first-order chi connectivity index (χ1) is 8.31. The molecule has 17 heavy (non-hydrogen) atoms. The molecule has 2 N–H and O–H groups in total. The van der Waals surface area contributed by atoms with Crippen LogP contribution in [0.3, 0.4) is 0 Å². The van der Waals surface area contributed by atoms with Crippen molar-refractivity contribution >= 4 is 0 Å². The number of hydrogen-bond donors (Lipinski definition) is 2. The predicted octanol–water partition coefficient (Wildman–Crippen LogP) is 2.30. The minimum absolute atomic E-state index is 0.300. The smallest absolute Gasteiger partial charge is 0.0465 e. The summed E-state index contributed by atoms with van der Waals surface area (Å²) < 4.78 is 0. The third-order valence-electron chi connectivity index (χ3n) is 6.23. The van der Waals surface area contributed by atoms with Gasteiger partial charge in [-0.15, -0.1) is 0 Å². The van der Waals surface area contributed by atoms with Gasteiger partial charge >= 0.3 is 0 Å². The quantitative estimate of drug-likeness (QED) is 0.789. The molecule has 0 aromatic carbocycles. The molecule has 2 nitrogen and oxygen atoms in total. The first-order valence-electron chi connectivity index (χ1n) is 7.53. The van der Waals surface area contributed by atoms with E-state index >= 15 is 0 Å². The van der Waals surface area contributed by atoms with E-state index in [1.165, 1.54) is 32.1 Å². The molecule has 0 aromatic heterocycles. The fourth-order valence-corrected chi connectivity index (χ4v) is 5.79. The average Bonchev–Trinajstić information content (AvgIpc) is 2.98. The van der Waals surface area contributed by atoms with Gasteiger partial charge in [0.25, 0.3) is 0 Å². The van der Waals surface area contributed by atoms with Crippen molar-refractivity contribution in [3.63, 3.8) is 0 Å². The zero-order valence-electron chi connectivity index (χ0n) is 10.9. The van der Waals surface area contributed by atoms with Crippen molar-refractivity contribution in [3.05, 3.63) is 0 Å². The van der Waals surface area contributed by atoms with E-state index in [-0.39, 0.29) is 0 Å². The Bertz CT molecular complexity index is 278. The largest absolute Gasteiger partial charge is 0.396 e. The molecule has 0 amide bonds. The first-order valence-corrected chi connectivity index (χ1v) is 7.53. The summed E-state index contributed by atoms with van der Waals surface area (Å²) in [5.74, 6) is 4.97. The molecule has 0 aromatic rings. The van der Waals surface area contributed by atoms with E-state index in [4.69, 9.17) is 0 Å². The highest BCUT2D eigenvalue weighted by molar-refractivity contribution is 5.08. The van der Waals surface area contributed by atoms with Crippen LogP contribution in [0.2, 0.25) is 0 Å². The minimum Gasteiger partial charge on any atom is -0.396 e. The minimum atomic E-state index is 0.300. The van der Waals surface area contributed by atoms with Crippen molar-refractivity contribution in [2.24, 2.45) is 41.4 Å². The molecule has 3 aliphatic carbocycles. The predicted molar refractivity (Wildman–Crippen MR) is 67.4 cm³/mol. The fourth-order valence-electron chi connectivity index (χ4n) is 5.79. The second kappa shape index (κ2) is 4.55. The van der Waals surface area contributed by atoms with Crippen LogP contribution in [0.15, 0.2) is 0 Å². The molecule has 0 spiro atoms. The van der Waals surface area contributed by atoms with Gasteiger partial charge in [-0.2, -0.15) is 0 Å². The van der Waals surface area contributed by atoms with Crippen LogP contribution in [-0.4, -0.2) is 23.4 Å². The summed E-state index contributed by atoms with van der Waals surface area (Å²) in [4.78, 5) is 0. The summed E-state index contributed by atoms with van der Waals surface area (Å²) >= 11 is 0. The molecule has 3 aliphatic rings. The lowest BCUT2D eigenvalue weighted by molar-refractivity contribution is 0.0213. The summed E-state index contributed by atoms with van der Waals surface area (Å²) in [5, 5.41) is 19.2. The van der Waals surface area contributed by atoms with Crippen LogP contribution in [0.4, 0.5) is 0 Å². The Hall–Kier alpha value is -0.0800. The van der Waals surface area contributed by atoms with E-state index in [1.807, 2.05) is 0 Å². The van der Waals surface area contributed by atoms with E-state index < -0.39 is 0 Å². The van der Waals surface area contributed by atoms with Crippen molar-refractivity contribution in [2.45, 2.75) is 39.0 Å². The molecule has 3 rings (SSSR count). The highest BCUT2D eigenvalue weighted by atomic mass is 16.3. The summed E-state index contributed by atoms with van der Waals surface area (Å²) in [6, 6.07) is 0. The van der Waals surface area contributed by atoms with Gasteiger partial charge in [-0.1, -0.05) is 19.8 Å². The first kappa shape index (κ1) is 12.0. The summed E-state index contributed by atoms with van der Waals surface area (Å²) in [5.41, 5.74) is 0. The Balaban J connectivity index is 1.80. The van der Waals surface area contributed by atoms with Crippen molar-refractivity contribution < 1.29 is 10.2 Å². The van der Waals surface area contributed by atoms with Crippen LogP contribution in [-0.2, 0) is 0 Å². The standard InChI is InChI=1S/C15H26O2/c1-2-3-9-4-5-10-11-6-12(15(9)10)14(8-17)13(11)7-16/h9-17H,2-8H2,1H3. The molecular formula is C15H26O2. The van der Waals surface area contributed by atoms with Gasteiger partial charge in [-0.3, -0.25) is 0 Å². The highest BCUT2D eigenvalue weighted by Gasteiger charge is 2.60. The second-order valence-electron chi connectivity index (χ2n) is 6.62. The van der Waals surface area contributed by atoms with E-state index in [2.05, 4.69) is 6.92 Å². The van der Waals surface area contributed by atoms with Crippen molar-refractivity contribution in [3.8, 4) is 0 Å². The Labute approximate surface area is 104 Å². The number of rotatable bonds is 4. The van der Waals surface area contributed by atoms with Gasteiger partial charge in [0.2, 0.25) is 0 Å². The SMILES string of the molecule is CCCC1CCC2C3CC(C(CO)C3CO)C12. The Kier molecular flexibility index (Phi) is 3.20. The van der Waals surface area contributed by atoms with Gasteiger partial charge in [0.05, 0.1) is 0 Å². The Morgan fingerprint density at radius 1 is 0.941 bits per heavy atom. The third-order valence-corrected chi connectivity index (χ3v) is 6.23. The van der Waals surface area contributed by atoms with Crippen LogP contribution >= 0.6 is 0 Å². The lowest BCUT2D eigenvalue weighted by Gasteiger charge is -2.38. The van der Waals surface area contributed by atoms with Crippen molar-refractivity contribution in [2.75, 3.05) is 13.2 Å². The summed E-state index contributed by atoms with van der Waals surface area (Å²) in [7, 11) is 0. The molecule has 0 saturated heterocycles. The van der Waals surface area contributed by atoms with E-state index in [0.717, 1.165) is 29.6 Å². The summed E-state index contributed by atoms with van der Waals surface area (Å²) in [6.45, 7) is 2.89. The maximum Gasteiger partial charge on any atom is 0.0465 e. The van der Waals surface area contributed by atoms with Crippen LogP contribution in [0, 0.1) is 41.4 Å². The zero-order chi connectivity index (χ0) is 12.0. The molecule has 0 radical (unpaired) electrons. The number of hydrogen-bond acceptors (Lipinski definition) is 2. The van der Waals surface area contributed by atoms with Crippen LogP contribution in [0.25, 0.3) is 0 Å². The number of aliphatic hydroxyl groups is 2. The van der Waals surface area contributed by atoms with Crippen molar-refractivity contribution in [1.82, 2.24) is 0 Å². The third kappa shape index (κ3) is 1.60. The van der Waals surface area contributed by atoms with Crippen molar-refractivity contribution in [1.29, 1.82) is 0 Å². The molecular weight excluding hydrogens is 212 g/mol. The maximum atomic E-state index is 9.61. The van der Waals surface area contributed by atoms with E-state index in [9.17, 15) is 10.2 Å². The van der Waals surface area contributed by atoms with Crippen LogP contribution < -0.4 is 0 Å². The van der Waals surface area contributed by atoms with Gasteiger partial charge < -0.3 is 10.2 Å². The Morgan fingerprint density at radius 3 is 2.29 bits per heavy atom. The zero-order valence-corrected chi connectivity index (χ0v) is 10.9. The monoisotopic (exact) mass is 238 g/mol. The average molecular weight is 238 g/mol. The molecule has 0 aliphatic heterocycles. The molecule has 2 bridgehead atoms. The lowest BCUT2D eigenvalue weighted by atomic mass is 9.67. The lowest BCUT2D eigenvalue weighted by Crippen LogP contribution is -2.38. The Morgan fingerprint density at radius 2 is 1.65 bits per heavy atom. The fraction of sp³-hybridized carbons (Fsp3) is 1.00. The molecule has 0 heterocycles. The van der Waals surface area contributed by atoms with Gasteiger partial charge in [-0.05, 0) is 60.7 Å². The van der Waals surface area contributed by atoms with E-state index in [1.54, 1.807) is 0 Å². The molecule has 3 saturated carbocycles. The van der Waals surface area contributed by atoms with Gasteiger partial charge in [0, 0.05) is 13.2 Å². The topological polar surface area (TPSA) is 40.5 Å².